The summed E-state index contributed by atoms with van der Waals surface area (Å²) in [6.45, 7) is 6.99. The quantitative estimate of drug-likeness (QED) is 0.604. The predicted octanol–water partition coefficient (Wildman–Crippen LogP) is 3.04. The van der Waals surface area contributed by atoms with Gasteiger partial charge in [0, 0.05) is 11.3 Å². The van der Waals surface area contributed by atoms with E-state index in [1.54, 1.807) is 32.9 Å². The molecular formula is C20H18BrN5O3. The van der Waals surface area contributed by atoms with Gasteiger partial charge >= 0.3 is 0 Å². The lowest BCUT2D eigenvalue weighted by Gasteiger charge is -2.13. The van der Waals surface area contributed by atoms with Crippen molar-refractivity contribution >= 4 is 15.9 Å². The van der Waals surface area contributed by atoms with Crippen LogP contribution in [0.3, 0.4) is 0 Å². The number of hydrogen-bond donors (Lipinski definition) is 1. The summed E-state index contributed by atoms with van der Waals surface area (Å²) in [5.74, 6) is 0.869. The summed E-state index contributed by atoms with van der Waals surface area (Å²) < 4.78 is 7.37. The molecule has 0 fully saturated rings. The van der Waals surface area contributed by atoms with E-state index in [-0.39, 0.29) is 22.5 Å². The van der Waals surface area contributed by atoms with Crippen molar-refractivity contribution in [2.24, 2.45) is 0 Å². The van der Waals surface area contributed by atoms with Crippen molar-refractivity contribution in [3.63, 3.8) is 0 Å². The Hall–Kier alpha value is -3.25. The first-order chi connectivity index (χ1) is 13.7. The maximum Gasteiger partial charge on any atom is 0.297 e. The number of rotatable bonds is 4. The Morgan fingerprint density at radius 2 is 1.97 bits per heavy atom. The summed E-state index contributed by atoms with van der Waals surface area (Å²) in [6, 6.07) is 5.61. The third-order valence-electron chi connectivity index (χ3n) is 4.46. The Labute approximate surface area is 175 Å². The van der Waals surface area contributed by atoms with Crippen LogP contribution in [0.4, 0.5) is 0 Å². The van der Waals surface area contributed by atoms with Gasteiger partial charge in [-0.05, 0) is 61.3 Å². The summed E-state index contributed by atoms with van der Waals surface area (Å²) in [5.41, 5.74) is 2.05. The molecule has 1 N–H and O–H groups in total. The first-order valence-electron chi connectivity index (χ1n) is 8.71. The van der Waals surface area contributed by atoms with E-state index in [0.717, 1.165) is 5.56 Å². The number of aromatic nitrogens is 4. The van der Waals surface area contributed by atoms with E-state index in [4.69, 9.17) is 4.74 Å². The summed E-state index contributed by atoms with van der Waals surface area (Å²) in [6.07, 6.45) is 1.34. The van der Waals surface area contributed by atoms with Gasteiger partial charge in [-0.2, -0.15) is 5.26 Å². The van der Waals surface area contributed by atoms with Crippen LogP contribution in [0.25, 0.3) is 0 Å². The van der Waals surface area contributed by atoms with Crippen LogP contribution in [0.1, 0.15) is 33.8 Å². The average Bonchev–Trinajstić information content (AvgIpc) is 2.65. The molecule has 3 aromatic rings. The van der Waals surface area contributed by atoms with Crippen molar-refractivity contribution in [2.75, 3.05) is 0 Å². The van der Waals surface area contributed by atoms with Crippen molar-refractivity contribution < 1.29 is 4.74 Å². The molecule has 9 heteroatoms. The highest BCUT2D eigenvalue weighted by Crippen LogP contribution is 2.30. The highest BCUT2D eigenvalue weighted by molar-refractivity contribution is 9.10. The zero-order valence-corrected chi connectivity index (χ0v) is 17.9. The molecule has 0 amide bonds. The van der Waals surface area contributed by atoms with E-state index < -0.39 is 5.56 Å². The van der Waals surface area contributed by atoms with Gasteiger partial charge in [0.25, 0.3) is 11.1 Å². The number of nitriles is 1. The van der Waals surface area contributed by atoms with Crippen LogP contribution in [0, 0.1) is 39.0 Å². The molecule has 0 atom stereocenters. The minimum atomic E-state index is -0.467. The van der Waals surface area contributed by atoms with Crippen LogP contribution < -0.4 is 15.9 Å². The first kappa shape index (κ1) is 20.5. The average molecular weight is 456 g/mol. The second-order valence-corrected chi connectivity index (χ2v) is 7.41. The number of H-pyrrole nitrogens is 1. The molecule has 0 unspecified atom stereocenters. The first-order valence-corrected chi connectivity index (χ1v) is 9.51. The van der Waals surface area contributed by atoms with Crippen LogP contribution in [0.2, 0.25) is 0 Å². The molecule has 8 nitrogen and oxygen atoms in total. The lowest BCUT2D eigenvalue weighted by atomic mass is 10.1. The van der Waals surface area contributed by atoms with Gasteiger partial charge in [0.1, 0.15) is 11.6 Å². The van der Waals surface area contributed by atoms with Gasteiger partial charge in [-0.25, -0.2) is 9.97 Å². The number of aryl methyl sites for hydroxylation is 3. The monoisotopic (exact) mass is 455 g/mol. The van der Waals surface area contributed by atoms with Gasteiger partial charge in [0.15, 0.2) is 4.60 Å². The Balaban J connectivity index is 2.06. The van der Waals surface area contributed by atoms with E-state index in [2.05, 4.69) is 37.0 Å². The standard InChI is InChI=1S/C20H18BrN5O3/c1-10-5-14(7-22)11(2)16(6-10)29-17-18(21)23-9-26(20(17)28)8-15-12(3)24-13(4)25-19(15)27/h5-6,9H,8H2,1-4H3,(H,24,25,27). The highest BCUT2D eigenvalue weighted by atomic mass is 79.9. The second-order valence-electron chi connectivity index (χ2n) is 6.66. The molecule has 148 valence electrons. The smallest absolute Gasteiger partial charge is 0.297 e. The van der Waals surface area contributed by atoms with Gasteiger partial charge in [-0.1, -0.05) is 0 Å². The third kappa shape index (κ3) is 4.12. The van der Waals surface area contributed by atoms with Gasteiger partial charge in [-0.15, -0.1) is 0 Å². The van der Waals surface area contributed by atoms with Crippen molar-refractivity contribution in [3.05, 3.63) is 77.5 Å². The van der Waals surface area contributed by atoms with Crippen LogP contribution in [-0.2, 0) is 6.54 Å². The number of aromatic amines is 1. The topological polar surface area (TPSA) is 114 Å². The van der Waals surface area contributed by atoms with Crippen LogP contribution in [0.15, 0.2) is 32.7 Å². The molecule has 3 rings (SSSR count). The largest absolute Gasteiger partial charge is 0.448 e. The van der Waals surface area contributed by atoms with Gasteiger partial charge in [0.05, 0.1) is 30.1 Å². The van der Waals surface area contributed by atoms with Crippen molar-refractivity contribution in [3.8, 4) is 17.6 Å². The fraction of sp³-hybridized carbons (Fsp3) is 0.250. The molecule has 2 aromatic heterocycles. The Morgan fingerprint density at radius 1 is 1.24 bits per heavy atom. The maximum absolute atomic E-state index is 13.0. The fourth-order valence-corrected chi connectivity index (χ4v) is 3.26. The molecule has 2 heterocycles. The Bertz CT molecular complexity index is 1270. The molecule has 1 aromatic carbocycles. The lowest BCUT2D eigenvalue weighted by Crippen LogP contribution is -2.27. The van der Waals surface area contributed by atoms with Gasteiger partial charge in [0.2, 0.25) is 5.75 Å². The number of ether oxygens (including phenoxy) is 1. The molecule has 0 saturated carbocycles. The number of hydrogen-bond acceptors (Lipinski definition) is 6. The van der Waals surface area contributed by atoms with Crippen LogP contribution in [0.5, 0.6) is 11.5 Å². The van der Waals surface area contributed by atoms with E-state index in [9.17, 15) is 14.9 Å². The molecule has 0 aliphatic rings. The Morgan fingerprint density at radius 3 is 2.62 bits per heavy atom. The molecule has 0 spiro atoms. The predicted molar refractivity (Wildman–Crippen MR) is 110 cm³/mol. The second kappa shape index (κ2) is 8.01. The van der Waals surface area contributed by atoms with E-state index >= 15 is 0 Å². The van der Waals surface area contributed by atoms with Gasteiger partial charge in [-0.3, -0.25) is 14.2 Å². The third-order valence-corrected chi connectivity index (χ3v) is 5.02. The van der Waals surface area contributed by atoms with E-state index in [1.807, 2.05) is 6.92 Å². The number of nitrogens with one attached hydrogen (secondary N) is 1. The van der Waals surface area contributed by atoms with Crippen LogP contribution in [-0.4, -0.2) is 19.5 Å². The number of halogens is 1. The van der Waals surface area contributed by atoms with Crippen molar-refractivity contribution in [2.45, 2.75) is 34.2 Å². The molecule has 0 aliphatic carbocycles. The van der Waals surface area contributed by atoms with Crippen LogP contribution >= 0.6 is 15.9 Å². The zero-order valence-electron chi connectivity index (χ0n) is 16.3. The van der Waals surface area contributed by atoms with E-state index in [1.165, 1.54) is 10.9 Å². The summed E-state index contributed by atoms with van der Waals surface area (Å²) in [4.78, 5) is 36.3. The summed E-state index contributed by atoms with van der Waals surface area (Å²) >= 11 is 3.25. The molecule has 0 aliphatic heterocycles. The summed E-state index contributed by atoms with van der Waals surface area (Å²) in [7, 11) is 0. The number of benzene rings is 1. The van der Waals surface area contributed by atoms with Gasteiger partial charge < -0.3 is 9.72 Å². The van der Waals surface area contributed by atoms with Crippen molar-refractivity contribution in [1.82, 2.24) is 19.5 Å². The summed E-state index contributed by atoms with van der Waals surface area (Å²) in [5, 5.41) is 9.29. The lowest BCUT2D eigenvalue weighted by molar-refractivity contribution is 0.455. The van der Waals surface area contributed by atoms with Crippen molar-refractivity contribution in [1.29, 1.82) is 5.26 Å². The normalized spacial score (nSPS) is 10.6. The molecule has 29 heavy (non-hydrogen) atoms. The molecule has 0 saturated heterocycles. The molecule has 0 bridgehead atoms. The zero-order chi connectivity index (χ0) is 21.3. The minimum absolute atomic E-state index is 0.000164. The Kier molecular flexibility index (Phi) is 5.66. The fourth-order valence-electron chi connectivity index (χ4n) is 2.91. The highest BCUT2D eigenvalue weighted by Gasteiger charge is 2.17. The SMILES string of the molecule is Cc1cc(C#N)c(C)c(Oc2c(Br)ncn(Cc3c(C)nc(C)[nH]c3=O)c2=O)c1. The maximum atomic E-state index is 13.0. The van der Waals surface area contributed by atoms with E-state index in [0.29, 0.717) is 34.0 Å². The number of nitrogens with zero attached hydrogens (tertiary/aromatic N) is 4. The molecular weight excluding hydrogens is 438 g/mol. The molecule has 0 radical (unpaired) electrons. The minimum Gasteiger partial charge on any atom is -0.448 e.